The Morgan fingerprint density at radius 1 is 1.12 bits per heavy atom. The highest BCUT2D eigenvalue weighted by Gasteiger charge is 2.35. The van der Waals surface area contributed by atoms with Gasteiger partial charge < -0.3 is 14.4 Å². The highest BCUT2D eigenvalue weighted by atomic mass is 16.7. The second kappa shape index (κ2) is 7.43. The van der Waals surface area contributed by atoms with Crippen molar-refractivity contribution in [1.82, 2.24) is 15.0 Å². The van der Waals surface area contributed by atoms with Crippen molar-refractivity contribution in [2.75, 3.05) is 25.6 Å². The van der Waals surface area contributed by atoms with E-state index < -0.39 is 0 Å². The van der Waals surface area contributed by atoms with Crippen LogP contribution in [-0.2, 0) is 9.47 Å². The van der Waals surface area contributed by atoms with Gasteiger partial charge in [0, 0.05) is 32.3 Å². The maximum Gasteiger partial charge on any atom is 0.160 e. The Morgan fingerprint density at radius 3 is 2.69 bits per heavy atom. The molecule has 0 N–H and O–H groups in total. The van der Waals surface area contributed by atoms with Crippen LogP contribution in [0.15, 0.2) is 54.6 Å². The predicted molar refractivity (Wildman–Crippen MR) is 101 cm³/mol. The number of nitrogens with zero attached hydrogens (tertiary/aromatic N) is 4. The van der Waals surface area contributed by atoms with E-state index >= 15 is 0 Å². The lowest BCUT2D eigenvalue weighted by atomic mass is 9.97. The lowest BCUT2D eigenvalue weighted by Crippen LogP contribution is -2.39. The highest BCUT2D eigenvalue weighted by Crippen LogP contribution is 2.35. The fourth-order valence-corrected chi connectivity index (χ4v) is 3.65. The van der Waals surface area contributed by atoms with Crippen molar-refractivity contribution in [3.63, 3.8) is 0 Å². The van der Waals surface area contributed by atoms with Crippen LogP contribution in [0.3, 0.4) is 0 Å². The van der Waals surface area contributed by atoms with Gasteiger partial charge in [-0.2, -0.15) is 0 Å². The number of benzene rings is 2. The van der Waals surface area contributed by atoms with Crippen molar-refractivity contribution in [3.8, 4) is 0 Å². The summed E-state index contributed by atoms with van der Waals surface area (Å²) >= 11 is 0. The van der Waals surface area contributed by atoms with Crippen LogP contribution in [0, 0.1) is 5.92 Å². The number of rotatable bonds is 5. The van der Waals surface area contributed by atoms with Crippen molar-refractivity contribution < 1.29 is 9.47 Å². The lowest BCUT2D eigenvalue weighted by Gasteiger charge is -2.38. The van der Waals surface area contributed by atoms with Gasteiger partial charge in [-0.1, -0.05) is 35.5 Å². The van der Waals surface area contributed by atoms with E-state index in [-0.39, 0.29) is 18.4 Å². The van der Waals surface area contributed by atoms with Gasteiger partial charge in [0.15, 0.2) is 12.5 Å². The van der Waals surface area contributed by atoms with Gasteiger partial charge in [0.1, 0.15) is 5.52 Å². The van der Waals surface area contributed by atoms with E-state index in [9.17, 15) is 0 Å². The second-order valence-electron chi connectivity index (χ2n) is 6.77. The minimum Gasteiger partial charge on any atom is -0.374 e. The Morgan fingerprint density at radius 2 is 1.88 bits per heavy atom. The summed E-state index contributed by atoms with van der Waals surface area (Å²) in [7, 11) is 3.81. The molecule has 0 saturated carbocycles. The molecule has 0 bridgehead atoms. The summed E-state index contributed by atoms with van der Waals surface area (Å²) in [6, 6.07) is 18.4. The third-order valence-corrected chi connectivity index (χ3v) is 5.05. The zero-order valence-electron chi connectivity index (χ0n) is 15.2. The molecular formula is C20H24N4O2. The first-order valence-electron chi connectivity index (χ1n) is 9.00. The number of fused-ring (bicyclic) bond motifs is 1. The fraction of sp³-hybridized carbons (Fsp3) is 0.400. The molecule has 0 aliphatic carbocycles. The molecule has 0 unspecified atom stereocenters. The molecule has 3 atom stereocenters. The molecule has 1 saturated heterocycles. The largest absolute Gasteiger partial charge is 0.374 e. The molecule has 2 aromatic carbocycles. The van der Waals surface area contributed by atoms with Gasteiger partial charge in [-0.15, -0.1) is 5.10 Å². The van der Waals surface area contributed by atoms with Crippen molar-refractivity contribution >= 4 is 16.7 Å². The number of ether oxygens (including phenoxy) is 2. The smallest absolute Gasteiger partial charge is 0.160 e. The molecule has 1 aromatic heterocycles. The van der Waals surface area contributed by atoms with Crippen LogP contribution in [0.5, 0.6) is 0 Å². The Kier molecular flexibility index (Phi) is 4.86. The first-order valence-corrected chi connectivity index (χ1v) is 9.00. The first kappa shape index (κ1) is 17.0. The molecule has 4 rings (SSSR count). The standard InChI is InChI=1S/C20H24N4O2/c1-23(16-8-4-3-5-9-16)14-15-12-13-19(25-2)26-20(15)24-18-11-7-6-10-17(18)21-22-24/h3-11,15,19-20H,12-14H2,1-2H3/t15-,19+,20+/m1/s1. The number of hydrogen-bond donors (Lipinski definition) is 0. The summed E-state index contributed by atoms with van der Waals surface area (Å²) < 4.78 is 13.6. The molecule has 26 heavy (non-hydrogen) atoms. The number of anilines is 1. The van der Waals surface area contributed by atoms with Gasteiger partial charge in [-0.05, 0) is 37.1 Å². The van der Waals surface area contributed by atoms with Gasteiger partial charge >= 0.3 is 0 Å². The average molecular weight is 352 g/mol. The molecule has 0 spiro atoms. The van der Waals surface area contributed by atoms with Gasteiger partial charge in [-0.25, -0.2) is 4.68 Å². The molecule has 0 amide bonds. The van der Waals surface area contributed by atoms with Crippen LogP contribution >= 0.6 is 0 Å². The fourth-order valence-electron chi connectivity index (χ4n) is 3.65. The molecule has 0 radical (unpaired) electrons. The lowest BCUT2D eigenvalue weighted by molar-refractivity contribution is -0.223. The minimum absolute atomic E-state index is 0.202. The van der Waals surface area contributed by atoms with Crippen LogP contribution in [0.2, 0.25) is 0 Å². The van der Waals surface area contributed by atoms with E-state index in [4.69, 9.17) is 9.47 Å². The zero-order chi connectivity index (χ0) is 17.9. The van der Waals surface area contributed by atoms with E-state index in [1.807, 2.05) is 35.0 Å². The summed E-state index contributed by atoms with van der Waals surface area (Å²) in [6.07, 6.45) is 1.48. The van der Waals surface area contributed by atoms with Crippen molar-refractivity contribution in [2.45, 2.75) is 25.4 Å². The first-order chi connectivity index (χ1) is 12.8. The van der Waals surface area contributed by atoms with Gasteiger partial charge in [0.2, 0.25) is 0 Å². The van der Waals surface area contributed by atoms with Gasteiger partial charge in [0.25, 0.3) is 0 Å². The Bertz CT molecular complexity index is 851. The van der Waals surface area contributed by atoms with Crippen molar-refractivity contribution in [2.24, 2.45) is 5.92 Å². The Hall–Kier alpha value is -2.44. The molecule has 1 aliphatic heterocycles. The molecule has 3 aromatic rings. The SMILES string of the molecule is CO[C@@H]1CC[C@H](CN(C)c2ccccc2)[C@@H](n2nnc3ccccc32)O1. The van der Waals surface area contributed by atoms with Gasteiger partial charge in [0.05, 0.1) is 5.52 Å². The number of hydrogen-bond acceptors (Lipinski definition) is 5. The molecule has 136 valence electrons. The predicted octanol–water partition coefficient (Wildman–Crippen LogP) is 3.47. The zero-order valence-corrected chi connectivity index (χ0v) is 15.2. The summed E-state index contributed by atoms with van der Waals surface area (Å²) in [5, 5.41) is 8.68. The topological polar surface area (TPSA) is 52.4 Å². The molecule has 1 aliphatic rings. The van der Waals surface area contributed by atoms with Crippen LogP contribution < -0.4 is 4.90 Å². The summed E-state index contributed by atoms with van der Waals surface area (Å²) in [5.74, 6) is 0.289. The highest BCUT2D eigenvalue weighted by molar-refractivity contribution is 5.73. The van der Waals surface area contributed by atoms with Gasteiger partial charge in [-0.3, -0.25) is 0 Å². The molecular weight excluding hydrogens is 328 g/mol. The van der Waals surface area contributed by atoms with E-state index in [1.165, 1.54) is 5.69 Å². The molecule has 6 heteroatoms. The number of methoxy groups -OCH3 is 1. The molecule has 2 heterocycles. The van der Waals surface area contributed by atoms with E-state index in [0.29, 0.717) is 0 Å². The van der Waals surface area contributed by atoms with E-state index in [0.717, 1.165) is 30.4 Å². The summed E-state index contributed by atoms with van der Waals surface area (Å²) in [5.41, 5.74) is 3.07. The molecule has 6 nitrogen and oxygen atoms in total. The van der Waals surface area contributed by atoms with Crippen molar-refractivity contribution in [1.29, 1.82) is 0 Å². The van der Waals surface area contributed by atoms with Crippen LogP contribution in [-0.4, -0.2) is 42.0 Å². The maximum absolute atomic E-state index is 6.25. The second-order valence-corrected chi connectivity index (χ2v) is 6.77. The monoisotopic (exact) mass is 352 g/mol. The minimum atomic E-state index is -0.207. The maximum atomic E-state index is 6.25. The third-order valence-electron chi connectivity index (χ3n) is 5.05. The third kappa shape index (κ3) is 3.30. The van der Waals surface area contributed by atoms with Crippen LogP contribution in [0.25, 0.3) is 11.0 Å². The van der Waals surface area contributed by atoms with Crippen LogP contribution in [0.1, 0.15) is 19.1 Å². The van der Waals surface area contributed by atoms with Crippen LogP contribution in [0.4, 0.5) is 5.69 Å². The summed E-state index contributed by atoms with van der Waals surface area (Å²) in [6.45, 7) is 0.874. The normalized spacial score (nSPS) is 23.2. The summed E-state index contributed by atoms with van der Waals surface area (Å²) in [4.78, 5) is 2.27. The van der Waals surface area contributed by atoms with E-state index in [1.54, 1.807) is 7.11 Å². The Balaban J connectivity index is 1.62. The average Bonchev–Trinajstić information content (AvgIpc) is 3.13. The Labute approximate surface area is 153 Å². The number of para-hydroxylation sites is 2. The van der Waals surface area contributed by atoms with E-state index in [2.05, 4.69) is 46.5 Å². The van der Waals surface area contributed by atoms with Crippen molar-refractivity contribution in [3.05, 3.63) is 54.6 Å². The molecule has 1 fully saturated rings. The number of aromatic nitrogens is 3. The quantitative estimate of drug-likeness (QED) is 0.704.